The molecule has 2 aliphatic rings. The molecular formula is C24H23F3N4O2. The maximum absolute atomic E-state index is 14.0. The topological polar surface area (TPSA) is 60.2 Å². The van der Waals surface area contributed by atoms with Crippen LogP contribution in [0.2, 0.25) is 0 Å². The number of hydrogen-bond acceptors (Lipinski definition) is 4. The summed E-state index contributed by atoms with van der Waals surface area (Å²) in [5, 5.41) is 4.66. The normalized spacial score (nSPS) is 19.4. The Kier molecular flexibility index (Phi) is 5.14. The van der Waals surface area contributed by atoms with Crippen LogP contribution >= 0.6 is 0 Å². The van der Waals surface area contributed by atoms with Gasteiger partial charge in [-0.05, 0) is 44.7 Å². The number of hydrogen-bond donors (Lipinski definition) is 0. The largest absolute Gasteiger partial charge is 0.495 e. The lowest BCUT2D eigenvalue weighted by atomic mass is 9.81. The van der Waals surface area contributed by atoms with Gasteiger partial charge in [0, 0.05) is 36.0 Å². The van der Waals surface area contributed by atoms with Crippen molar-refractivity contribution >= 4 is 5.91 Å². The standard InChI is InChI=1S/C24H23F3N4O2/c1-12-16(10-28-11-20(12)33-3)24(32)31-14-5-4-6-19(31)22-15(9-14)23(30(2)29-22)13-7-17(25)21(27)18(26)8-13/h7-8,10-11,14,19H,4-6,9H2,1-3H3/t14-,19+/m1/s1. The van der Waals surface area contributed by atoms with E-state index in [1.165, 1.54) is 7.11 Å². The third kappa shape index (κ3) is 3.29. The number of pyridine rings is 1. The lowest BCUT2D eigenvalue weighted by Gasteiger charge is -2.45. The van der Waals surface area contributed by atoms with Crippen molar-refractivity contribution in [2.75, 3.05) is 7.11 Å². The fraction of sp³-hybridized carbons (Fsp3) is 0.375. The Morgan fingerprint density at radius 1 is 1.15 bits per heavy atom. The molecule has 0 aliphatic carbocycles. The number of halogens is 3. The van der Waals surface area contributed by atoms with Crippen LogP contribution in [0.3, 0.4) is 0 Å². The maximum atomic E-state index is 14.0. The number of nitrogens with zero attached hydrogens (tertiary/aromatic N) is 4. The van der Waals surface area contributed by atoms with E-state index < -0.39 is 17.5 Å². The number of rotatable bonds is 3. The summed E-state index contributed by atoms with van der Waals surface area (Å²) < 4.78 is 48.4. The van der Waals surface area contributed by atoms with Crippen LogP contribution in [-0.4, -0.2) is 38.7 Å². The van der Waals surface area contributed by atoms with Crippen LogP contribution in [-0.2, 0) is 13.5 Å². The molecule has 4 heterocycles. The van der Waals surface area contributed by atoms with Crippen molar-refractivity contribution in [2.45, 2.75) is 44.7 Å². The van der Waals surface area contributed by atoms with Crippen LogP contribution < -0.4 is 4.74 Å². The number of carbonyl (C=O) groups excluding carboxylic acids is 1. The molecule has 2 atom stereocenters. The minimum absolute atomic E-state index is 0.0903. The van der Waals surface area contributed by atoms with Crippen LogP contribution in [0.4, 0.5) is 13.2 Å². The molecule has 2 aromatic heterocycles. The van der Waals surface area contributed by atoms with Crippen LogP contribution in [0.15, 0.2) is 24.5 Å². The minimum atomic E-state index is -1.49. The van der Waals surface area contributed by atoms with Gasteiger partial charge in [0.2, 0.25) is 0 Å². The van der Waals surface area contributed by atoms with Gasteiger partial charge in [-0.1, -0.05) is 0 Å². The Labute approximate surface area is 189 Å². The monoisotopic (exact) mass is 456 g/mol. The first kappa shape index (κ1) is 21.5. The second-order valence-corrected chi connectivity index (χ2v) is 8.62. The third-order valence-corrected chi connectivity index (χ3v) is 6.79. The van der Waals surface area contributed by atoms with Crippen molar-refractivity contribution in [3.8, 4) is 17.0 Å². The van der Waals surface area contributed by atoms with E-state index in [4.69, 9.17) is 4.74 Å². The quantitative estimate of drug-likeness (QED) is 0.545. The predicted molar refractivity (Wildman–Crippen MR) is 114 cm³/mol. The molecular weight excluding hydrogens is 433 g/mol. The van der Waals surface area contributed by atoms with Gasteiger partial charge < -0.3 is 9.64 Å². The fourth-order valence-corrected chi connectivity index (χ4v) is 5.27. The Morgan fingerprint density at radius 3 is 2.58 bits per heavy atom. The minimum Gasteiger partial charge on any atom is -0.495 e. The SMILES string of the molecule is COc1cncc(C(=O)N2[C@@H]3CCC[C@H]2c2nn(C)c(-c4cc(F)c(F)c(F)c4)c2C3)c1C. The number of ether oxygens (including phenoxy) is 1. The molecule has 5 rings (SSSR count). The van der Waals surface area contributed by atoms with Crippen LogP contribution in [0, 0.1) is 24.4 Å². The van der Waals surface area contributed by atoms with E-state index in [9.17, 15) is 18.0 Å². The first-order valence-corrected chi connectivity index (χ1v) is 10.8. The molecule has 172 valence electrons. The van der Waals surface area contributed by atoms with Crippen LogP contribution in [0.5, 0.6) is 5.75 Å². The number of methoxy groups -OCH3 is 1. The van der Waals surface area contributed by atoms with Crippen molar-refractivity contribution in [2.24, 2.45) is 7.05 Å². The van der Waals surface area contributed by atoms with E-state index in [2.05, 4.69) is 10.1 Å². The molecule has 0 spiro atoms. The first-order chi connectivity index (χ1) is 15.8. The van der Waals surface area contributed by atoms with Gasteiger partial charge in [0.05, 0.1) is 36.3 Å². The summed E-state index contributed by atoms with van der Waals surface area (Å²) in [5.74, 6) is -3.57. The van der Waals surface area contributed by atoms with Gasteiger partial charge in [0.1, 0.15) is 5.75 Å². The summed E-state index contributed by atoms with van der Waals surface area (Å²) in [7, 11) is 3.23. The average Bonchev–Trinajstić information content (AvgIpc) is 3.12. The smallest absolute Gasteiger partial charge is 0.256 e. The number of aryl methyl sites for hydroxylation is 1. The van der Waals surface area contributed by atoms with Gasteiger partial charge >= 0.3 is 0 Å². The molecule has 0 radical (unpaired) electrons. The zero-order chi connectivity index (χ0) is 23.4. The van der Waals surface area contributed by atoms with Gasteiger partial charge in [-0.3, -0.25) is 14.5 Å². The summed E-state index contributed by atoms with van der Waals surface area (Å²) in [5.41, 5.74) is 3.55. The maximum Gasteiger partial charge on any atom is 0.256 e. The molecule has 9 heteroatoms. The number of benzene rings is 1. The Hall–Kier alpha value is -3.36. The van der Waals surface area contributed by atoms with Gasteiger partial charge in [0.25, 0.3) is 5.91 Å². The second-order valence-electron chi connectivity index (χ2n) is 8.62. The molecule has 1 saturated heterocycles. The summed E-state index contributed by atoms with van der Waals surface area (Å²) in [6, 6.07) is 1.64. The lowest BCUT2D eigenvalue weighted by Crippen LogP contribution is -2.50. The molecule has 1 fully saturated rings. The summed E-state index contributed by atoms with van der Waals surface area (Å²) in [6.07, 6.45) is 6.11. The van der Waals surface area contributed by atoms with E-state index in [0.29, 0.717) is 23.4 Å². The van der Waals surface area contributed by atoms with E-state index in [1.807, 2.05) is 11.8 Å². The zero-order valence-corrected chi connectivity index (χ0v) is 18.5. The Morgan fingerprint density at radius 2 is 1.88 bits per heavy atom. The fourth-order valence-electron chi connectivity index (χ4n) is 5.27. The molecule has 33 heavy (non-hydrogen) atoms. The zero-order valence-electron chi connectivity index (χ0n) is 18.5. The van der Waals surface area contributed by atoms with E-state index in [-0.39, 0.29) is 23.6 Å². The van der Waals surface area contributed by atoms with Gasteiger partial charge in [-0.2, -0.15) is 5.10 Å². The van der Waals surface area contributed by atoms with Crippen molar-refractivity contribution in [1.29, 1.82) is 0 Å². The lowest BCUT2D eigenvalue weighted by molar-refractivity contribution is 0.0390. The van der Waals surface area contributed by atoms with Crippen molar-refractivity contribution in [3.05, 3.63) is 64.4 Å². The molecule has 1 aromatic carbocycles. The summed E-state index contributed by atoms with van der Waals surface area (Å²) in [6.45, 7) is 1.83. The van der Waals surface area contributed by atoms with Crippen molar-refractivity contribution < 1.29 is 22.7 Å². The second kappa shape index (κ2) is 7.90. The summed E-state index contributed by atoms with van der Waals surface area (Å²) in [4.78, 5) is 19.7. The number of piperidine rings is 1. The highest BCUT2D eigenvalue weighted by molar-refractivity contribution is 5.96. The number of carbonyl (C=O) groups is 1. The first-order valence-electron chi connectivity index (χ1n) is 10.8. The van der Waals surface area contributed by atoms with E-state index >= 15 is 0 Å². The highest BCUT2D eigenvalue weighted by Gasteiger charge is 2.44. The number of amides is 1. The molecule has 2 bridgehead atoms. The van der Waals surface area contributed by atoms with Crippen LogP contribution in [0.1, 0.15) is 52.5 Å². The highest BCUT2D eigenvalue weighted by Crippen LogP contribution is 2.45. The van der Waals surface area contributed by atoms with E-state index in [0.717, 1.165) is 48.2 Å². The molecule has 1 amide bonds. The van der Waals surface area contributed by atoms with Gasteiger partial charge in [-0.15, -0.1) is 0 Å². The van der Waals surface area contributed by atoms with E-state index in [1.54, 1.807) is 24.1 Å². The molecule has 0 saturated carbocycles. The Balaban J connectivity index is 1.59. The summed E-state index contributed by atoms with van der Waals surface area (Å²) >= 11 is 0. The molecule has 3 aromatic rings. The highest BCUT2D eigenvalue weighted by atomic mass is 19.2. The predicted octanol–water partition coefficient (Wildman–Crippen LogP) is 4.51. The van der Waals surface area contributed by atoms with Crippen molar-refractivity contribution in [3.63, 3.8) is 0 Å². The Bertz CT molecular complexity index is 1250. The number of fused-ring (bicyclic) bond motifs is 4. The van der Waals surface area contributed by atoms with Crippen molar-refractivity contribution in [1.82, 2.24) is 19.7 Å². The van der Waals surface area contributed by atoms with Crippen LogP contribution in [0.25, 0.3) is 11.3 Å². The number of aromatic nitrogens is 3. The molecule has 2 aliphatic heterocycles. The molecule has 6 nitrogen and oxygen atoms in total. The molecule has 0 unspecified atom stereocenters. The molecule has 0 N–H and O–H groups in total. The third-order valence-electron chi connectivity index (χ3n) is 6.79. The average molecular weight is 456 g/mol. The van der Waals surface area contributed by atoms with Gasteiger partial charge in [0.15, 0.2) is 17.5 Å². The van der Waals surface area contributed by atoms with Gasteiger partial charge in [-0.25, -0.2) is 13.2 Å².